The Morgan fingerprint density at radius 1 is 0.971 bits per heavy atom. The van der Waals surface area contributed by atoms with Crippen LogP contribution in [0.15, 0.2) is 46.3 Å². The highest BCUT2D eigenvalue weighted by atomic mass is 32.2. The van der Waals surface area contributed by atoms with E-state index in [0.29, 0.717) is 41.5 Å². The van der Waals surface area contributed by atoms with E-state index in [-0.39, 0.29) is 4.90 Å². The first-order chi connectivity index (χ1) is 16.3. The maximum atomic E-state index is 13.0. The van der Waals surface area contributed by atoms with Gasteiger partial charge in [0.15, 0.2) is 4.80 Å². The number of ether oxygens (including phenoxy) is 2. The zero-order chi connectivity index (χ0) is 24.9. The summed E-state index contributed by atoms with van der Waals surface area (Å²) in [4.78, 5) is 18.0. The summed E-state index contributed by atoms with van der Waals surface area (Å²) in [6.45, 7) is 7.36. The molecule has 8 nitrogen and oxygen atoms in total. The second-order valence-corrected chi connectivity index (χ2v) is 10.5. The van der Waals surface area contributed by atoms with E-state index in [0.717, 1.165) is 23.1 Å². The SMILES string of the molecule is CCCN(CCC)S(=O)(=O)c1ccc(C(=O)N=c2sc3c(OC)ccc(OC)c3n2CC)cc1. The molecule has 34 heavy (non-hydrogen) atoms. The molecule has 3 rings (SSSR count). The third-order valence-corrected chi connectivity index (χ3v) is 8.40. The third-order valence-electron chi connectivity index (χ3n) is 5.39. The van der Waals surface area contributed by atoms with Crippen LogP contribution in [0.1, 0.15) is 44.0 Å². The lowest BCUT2D eigenvalue weighted by Gasteiger charge is -2.21. The van der Waals surface area contributed by atoms with Crippen molar-refractivity contribution in [3.05, 3.63) is 46.8 Å². The van der Waals surface area contributed by atoms with Gasteiger partial charge in [0.05, 0.1) is 19.1 Å². The molecule has 0 bridgehead atoms. The molecule has 1 amide bonds. The maximum absolute atomic E-state index is 13.0. The summed E-state index contributed by atoms with van der Waals surface area (Å²) in [5, 5.41) is 0. The Hall–Kier alpha value is -2.69. The molecule has 184 valence electrons. The minimum absolute atomic E-state index is 0.172. The van der Waals surface area contributed by atoms with Gasteiger partial charge in [0.25, 0.3) is 5.91 Å². The van der Waals surface area contributed by atoms with Gasteiger partial charge in [0.1, 0.15) is 21.7 Å². The number of methoxy groups -OCH3 is 2. The fourth-order valence-electron chi connectivity index (χ4n) is 3.75. The molecule has 1 aromatic heterocycles. The highest BCUT2D eigenvalue weighted by Gasteiger charge is 2.23. The highest BCUT2D eigenvalue weighted by Crippen LogP contribution is 2.35. The zero-order valence-corrected chi connectivity index (χ0v) is 21.8. The summed E-state index contributed by atoms with van der Waals surface area (Å²) in [7, 11) is -0.418. The lowest BCUT2D eigenvalue weighted by Crippen LogP contribution is -2.32. The first kappa shape index (κ1) is 25.9. The number of aryl methyl sites for hydroxylation is 1. The number of aromatic nitrogens is 1. The van der Waals surface area contributed by atoms with Gasteiger partial charge in [-0.2, -0.15) is 9.30 Å². The number of sulfonamides is 1. The molecule has 0 saturated carbocycles. The molecule has 0 N–H and O–H groups in total. The van der Waals surface area contributed by atoms with Crippen LogP contribution in [0.3, 0.4) is 0 Å². The number of nitrogens with zero attached hydrogens (tertiary/aromatic N) is 3. The number of rotatable bonds is 10. The van der Waals surface area contributed by atoms with Crippen LogP contribution in [0, 0.1) is 0 Å². The summed E-state index contributed by atoms with van der Waals surface area (Å²) < 4.78 is 41.2. The Kier molecular flexibility index (Phi) is 8.51. The number of fused-ring (bicyclic) bond motifs is 1. The Bertz CT molecular complexity index is 1320. The van der Waals surface area contributed by atoms with Crippen molar-refractivity contribution in [2.45, 2.75) is 45.1 Å². The predicted octanol–water partition coefficient (Wildman–Crippen LogP) is 4.29. The van der Waals surface area contributed by atoms with E-state index in [4.69, 9.17) is 9.47 Å². The van der Waals surface area contributed by atoms with E-state index in [1.165, 1.54) is 39.9 Å². The summed E-state index contributed by atoms with van der Waals surface area (Å²) >= 11 is 1.34. The van der Waals surface area contributed by atoms with Crippen molar-refractivity contribution in [1.82, 2.24) is 8.87 Å². The number of hydrogen-bond donors (Lipinski definition) is 0. The van der Waals surface area contributed by atoms with Crippen molar-refractivity contribution in [2.24, 2.45) is 4.99 Å². The lowest BCUT2D eigenvalue weighted by atomic mass is 10.2. The molecular formula is C24H31N3O5S2. The molecule has 0 aliphatic heterocycles. The van der Waals surface area contributed by atoms with Crippen molar-refractivity contribution >= 4 is 37.5 Å². The monoisotopic (exact) mass is 505 g/mol. The van der Waals surface area contributed by atoms with Crippen molar-refractivity contribution in [3.8, 4) is 11.5 Å². The lowest BCUT2D eigenvalue weighted by molar-refractivity contribution is 0.0997. The van der Waals surface area contributed by atoms with Gasteiger partial charge in [-0.25, -0.2) is 8.42 Å². The molecule has 0 fully saturated rings. The molecule has 0 spiro atoms. The number of carbonyl (C=O) groups excluding carboxylic acids is 1. The Morgan fingerprint density at radius 3 is 2.09 bits per heavy atom. The van der Waals surface area contributed by atoms with Crippen LogP contribution in [0.5, 0.6) is 11.5 Å². The largest absolute Gasteiger partial charge is 0.495 e. The van der Waals surface area contributed by atoms with E-state index < -0.39 is 15.9 Å². The van der Waals surface area contributed by atoms with Gasteiger partial charge in [0.2, 0.25) is 10.0 Å². The highest BCUT2D eigenvalue weighted by molar-refractivity contribution is 7.89. The molecule has 2 aromatic carbocycles. The molecule has 0 aliphatic carbocycles. The van der Waals surface area contributed by atoms with E-state index in [9.17, 15) is 13.2 Å². The molecule has 1 heterocycles. The second-order valence-electron chi connectivity index (χ2n) is 7.62. The van der Waals surface area contributed by atoms with E-state index in [2.05, 4.69) is 4.99 Å². The van der Waals surface area contributed by atoms with Crippen molar-refractivity contribution in [1.29, 1.82) is 0 Å². The van der Waals surface area contributed by atoms with E-state index in [1.54, 1.807) is 14.2 Å². The third kappa shape index (κ3) is 5.03. The second kappa shape index (κ2) is 11.2. The van der Waals surface area contributed by atoms with Gasteiger partial charge >= 0.3 is 0 Å². The van der Waals surface area contributed by atoms with Gasteiger partial charge < -0.3 is 14.0 Å². The standard InChI is InChI=1S/C24H31N3O5S2/c1-6-15-26(16-7-2)34(29,30)18-11-9-17(10-12-18)23(28)25-24-27(8-3)21-19(31-4)13-14-20(32-5)22(21)33-24/h9-14H,6-8,15-16H2,1-5H3. The van der Waals surface area contributed by atoms with E-state index >= 15 is 0 Å². The summed E-state index contributed by atoms with van der Waals surface area (Å²) in [6, 6.07) is 9.62. The summed E-state index contributed by atoms with van der Waals surface area (Å²) in [5.74, 6) is 0.894. The smallest absolute Gasteiger partial charge is 0.279 e. The normalized spacial score (nSPS) is 12.5. The topological polar surface area (TPSA) is 90.2 Å². The van der Waals surface area contributed by atoms with Gasteiger partial charge in [-0.1, -0.05) is 25.2 Å². The summed E-state index contributed by atoms with van der Waals surface area (Å²) in [6.07, 6.45) is 1.47. The molecule has 0 saturated heterocycles. The predicted molar refractivity (Wildman–Crippen MR) is 134 cm³/mol. The van der Waals surface area contributed by atoms with Crippen LogP contribution in [0.4, 0.5) is 0 Å². The molecule has 0 aliphatic rings. The van der Waals surface area contributed by atoms with Crippen molar-refractivity contribution < 1.29 is 22.7 Å². The van der Waals surface area contributed by atoms with Crippen LogP contribution in [0.25, 0.3) is 10.2 Å². The van der Waals surface area contributed by atoms with Crippen LogP contribution in [-0.4, -0.2) is 50.5 Å². The molecule has 10 heteroatoms. The minimum atomic E-state index is -3.61. The molecule has 0 radical (unpaired) electrons. The summed E-state index contributed by atoms with van der Waals surface area (Å²) in [5.41, 5.74) is 1.13. The van der Waals surface area contributed by atoms with Crippen LogP contribution in [0.2, 0.25) is 0 Å². The zero-order valence-electron chi connectivity index (χ0n) is 20.2. The average molecular weight is 506 g/mol. The van der Waals surface area contributed by atoms with E-state index in [1.807, 2.05) is 37.5 Å². The number of thiazole rings is 1. The number of hydrogen-bond acceptors (Lipinski definition) is 6. The van der Waals surface area contributed by atoms with Crippen LogP contribution < -0.4 is 14.3 Å². The van der Waals surface area contributed by atoms with Crippen LogP contribution >= 0.6 is 11.3 Å². The quantitative estimate of drug-likeness (QED) is 0.410. The maximum Gasteiger partial charge on any atom is 0.279 e. The van der Waals surface area contributed by atoms with Crippen molar-refractivity contribution in [2.75, 3.05) is 27.3 Å². The first-order valence-electron chi connectivity index (χ1n) is 11.3. The molecular weight excluding hydrogens is 474 g/mol. The number of amides is 1. The van der Waals surface area contributed by atoms with Gasteiger partial charge in [-0.3, -0.25) is 4.79 Å². The first-order valence-corrected chi connectivity index (χ1v) is 13.5. The van der Waals surface area contributed by atoms with Gasteiger partial charge in [0, 0.05) is 25.2 Å². The Balaban J connectivity index is 2.01. The molecule has 3 aromatic rings. The number of carbonyl (C=O) groups is 1. The Labute approximate surface area is 204 Å². The van der Waals surface area contributed by atoms with Gasteiger partial charge in [-0.05, 0) is 56.2 Å². The Morgan fingerprint density at radius 2 is 1.56 bits per heavy atom. The van der Waals surface area contributed by atoms with Crippen LogP contribution in [-0.2, 0) is 16.6 Å². The molecule has 0 unspecified atom stereocenters. The van der Waals surface area contributed by atoms with Crippen molar-refractivity contribution in [3.63, 3.8) is 0 Å². The fourth-order valence-corrected chi connectivity index (χ4v) is 6.58. The molecule has 0 atom stereocenters. The number of benzene rings is 2. The minimum Gasteiger partial charge on any atom is -0.495 e. The van der Waals surface area contributed by atoms with Gasteiger partial charge in [-0.15, -0.1) is 0 Å². The fraction of sp³-hybridized carbons (Fsp3) is 0.417. The average Bonchev–Trinajstić information content (AvgIpc) is 3.21.